The maximum atomic E-state index is 9.85. The number of hydrogen-bond acceptors (Lipinski definition) is 3. The van der Waals surface area contributed by atoms with Crippen LogP contribution in [0.5, 0.6) is 0 Å². The molecule has 0 unspecified atom stereocenters. The Morgan fingerprint density at radius 1 is 1.30 bits per heavy atom. The van der Waals surface area contributed by atoms with Gasteiger partial charge in [0.15, 0.2) is 19.1 Å². The lowest BCUT2D eigenvalue weighted by Crippen LogP contribution is -2.27. The van der Waals surface area contributed by atoms with Crippen molar-refractivity contribution in [3.05, 3.63) is 40.4 Å². The number of azo groups is 2. The first-order chi connectivity index (χ1) is 9.49. The van der Waals surface area contributed by atoms with E-state index in [0.717, 1.165) is 18.8 Å². The molecule has 0 amide bonds. The molecule has 1 aromatic rings. The lowest BCUT2D eigenvalue weighted by molar-refractivity contribution is -0.532. The molecule has 108 valence electrons. The van der Waals surface area contributed by atoms with Crippen LogP contribution < -0.4 is 5.32 Å². The maximum absolute atomic E-state index is 9.85. The summed E-state index contributed by atoms with van der Waals surface area (Å²) in [7, 11) is 5.57. The van der Waals surface area contributed by atoms with Crippen LogP contribution in [0, 0.1) is 10.1 Å². The summed E-state index contributed by atoms with van der Waals surface area (Å²) < 4.78 is 1.79. The van der Waals surface area contributed by atoms with Crippen LogP contribution in [-0.4, -0.2) is 54.8 Å². The summed E-state index contributed by atoms with van der Waals surface area (Å²) in [5.74, 6) is 0.338. The third-order valence-corrected chi connectivity index (χ3v) is 2.34. The molecule has 1 aliphatic rings. The lowest BCUT2D eigenvalue weighted by atomic mass is 10.3. The highest BCUT2D eigenvalue weighted by Gasteiger charge is 2.16. The van der Waals surface area contributed by atoms with Gasteiger partial charge in [-0.25, -0.2) is 10.1 Å². The average Bonchev–Trinajstić information content (AvgIpc) is 2.75. The fraction of sp³-hybridized carbons (Fsp3) is 0.417. The van der Waals surface area contributed by atoms with Crippen LogP contribution in [-0.2, 0) is 0 Å². The Hall–Kier alpha value is -2.51. The van der Waals surface area contributed by atoms with E-state index in [1.165, 1.54) is 0 Å². The molecule has 8 nitrogen and oxygen atoms in total. The monoisotopic (exact) mass is 279 g/mol. The number of nitrogens with zero attached hydrogens (tertiary/aromatic N) is 5. The highest BCUT2D eigenvalue weighted by Crippen LogP contribution is 2.08. The van der Waals surface area contributed by atoms with Gasteiger partial charge in [-0.15, -0.1) is 4.70 Å². The second kappa shape index (κ2) is 7.82. The molecule has 1 saturated heterocycles. The van der Waals surface area contributed by atoms with Gasteiger partial charge < -0.3 is 10.2 Å². The zero-order valence-corrected chi connectivity index (χ0v) is 11.9. The van der Waals surface area contributed by atoms with Crippen LogP contribution in [0.2, 0.25) is 0 Å². The van der Waals surface area contributed by atoms with E-state index >= 15 is 0 Å². The number of guanidine groups is 1. The smallest absolute Gasteiger partial charge is 0.271 e. The average molecular weight is 279 g/mol. The lowest BCUT2D eigenvalue weighted by Gasteiger charge is -2.04. The molecule has 2 rings (SSSR count). The van der Waals surface area contributed by atoms with Crippen molar-refractivity contribution in [2.75, 3.05) is 34.2 Å². The number of likely N-dealkylation sites (N-methyl/N-ethyl adjacent to an activating group) is 1. The maximum Gasteiger partial charge on any atom is 0.271 e. The number of rotatable bonds is 2. The van der Waals surface area contributed by atoms with Gasteiger partial charge in [-0.2, -0.15) is 0 Å². The summed E-state index contributed by atoms with van der Waals surface area (Å²) in [6.45, 7) is 1.50. The Kier molecular flexibility index (Phi) is 6.08. The first kappa shape index (κ1) is 15.5. The number of hydrazone groups is 1. The third-order valence-electron chi connectivity index (χ3n) is 2.34. The van der Waals surface area contributed by atoms with Crippen LogP contribution >= 0.6 is 0 Å². The molecule has 1 heterocycles. The van der Waals surface area contributed by atoms with Gasteiger partial charge in [0.05, 0.1) is 0 Å². The van der Waals surface area contributed by atoms with Gasteiger partial charge >= 0.3 is 0 Å². The molecule has 1 fully saturated rings. The predicted octanol–water partition coefficient (Wildman–Crippen LogP) is 1.11. The van der Waals surface area contributed by atoms with E-state index in [1.54, 1.807) is 16.6 Å². The third kappa shape index (κ3) is 5.89. The van der Waals surface area contributed by atoms with Crippen molar-refractivity contribution in [3.8, 4) is 0 Å². The van der Waals surface area contributed by atoms with Crippen molar-refractivity contribution in [3.63, 3.8) is 0 Å². The predicted molar refractivity (Wildman–Crippen MR) is 75.7 cm³/mol. The molecule has 0 aliphatic carbocycles. The second-order valence-electron chi connectivity index (χ2n) is 4.29. The van der Waals surface area contributed by atoms with E-state index in [-0.39, 0.29) is 0 Å². The van der Waals surface area contributed by atoms with Gasteiger partial charge in [-0.1, -0.05) is 18.2 Å². The van der Waals surface area contributed by atoms with Crippen LogP contribution in [0.3, 0.4) is 0 Å². The van der Waals surface area contributed by atoms with Gasteiger partial charge in [0.1, 0.15) is 10.8 Å². The van der Waals surface area contributed by atoms with E-state index in [4.69, 9.17) is 0 Å². The van der Waals surface area contributed by atoms with E-state index in [9.17, 15) is 10.1 Å². The molecule has 1 N–H and O–H groups in total. The van der Waals surface area contributed by atoms with Crippen molar-refractivity contribution in [1.29, 1.82) is 0 Å². The zero-order valence-electron chi connectivity index (χ0n) is 11.9. The van der Waals surface area contributed by atoms with Gasteiger partial charge in [-0.3, -0.25) is 0 Å². The molecule has 0 aromatic heterocycles. The molecule has 8 heteroatoms. The summed E-state index contributed by atoms with van der Waals surface area (Å²) in [5, 5.41) is 19.2. The molecule has 1 aliphatic heterocycles. The van der Waals surface area contributed by atoms with Crippen molar-refractivity contribution >= 4 is 11.6 Å². The topological polar surface area (TPSA) is 86.1 Å². The van der Waals surface area contributed by atoms with Gasteiger partial charge in [0.2, 0.25) is 0 Å². The van der Waals surface area contributed by atoms with Crippen LogP contribution in [0.15, 0.2) is 40.5 Å². The Morgan fingerprint density at radius 2 is 1.95 bits per heavy atom. The zero-order chi connectivity index (χ0) is 15.0. The SMILES string of the molecule is CN1CCN/C1=N/[N+](=O)[O-].C[N+](C)=Nc1ccccc1. The van der Waals surface area contributed by atoms with E-state index in [1.807, 2.05) is 44.4 Å². The minimum atomic E-state index is -0.704. The number of nitro groups is 1. The van der Waals surface area contributed by atoms with E-state index in [0.29, 0.717) is 5.96 Å². The number of nitrogens with one attached hydrogen (secondary N) is 1. The number of hydrogen-bond donors (Lipinski definition) is 1. The van der Waals surface area contributed by atoms with Crippen molar-refractivity contribution in [1.82, 2.24) is 10.2 Å². The van der Waals surface area contributed by atoms with Crippen molar-refractivity contribution in [2.45, 2.75) is 0 Å². The van der Waals surface area contributed by atoms with Crippen LogP contribution in [0.1, 0.15) is 0 Å². The Labute approximate surface area is 117 Å². The largest absolute Gasteiger partial charge is 0.349 e. The summed E-state index contributed by atoms with van der Waals surface area (Å²) in [6.07, 6.45) is 0. The first-order valence-corrected chi connectivity index (χ1v) is 6.11. The summed E-state index contributed by atoms with van der Waals surface area (Å²) in [6, 6.07) is 9.87. The second-order valence-corrected chi connectivity index (χ2v) is 4.29. The highest BCUT2D eigenvalue weighted by molar-refractivity contribution is 5.80. The molecular formula is C12H19N6O2+. The molecular weight excluding hydrogens is 260 g/mol. The molecule has 0 bridgehead atoms. The van der Waals surface area contributed by atoms with E-state index in [2.05, 4.69) is 15.5 Å². The molecule has 0 spiro atoms. The van der Waals surface area contributed by atoms with Gasteiger partial charge in [-0.05, 0) is 17.2 Å². The van der Waals surface area contributed by atoms with Crippen LogP contribution in [0.25, 0.3) is 0 Å². The van der Waals surface area contributed by atoms with Crippen molar-refractivity contribution in [2.24, 2.45) is 10.2 Å². The highest BCUT2D eigenvalue weighted by atomic mass is 16.7. The minimum Gasteiger partial charge on any atom is -0.349 e. The Balaban J connectivity index is 0.000000200. The molecule has 0 atom stereocenters. The Morgan fingerprint density at radius 3 is 2.40 bits per heavy atom. The normalized spacial score (nSPS) is 15.2. The molecule has 1 aromatic carbocycles. The summed E-state index contributed by atoms with van der Waals surface area (Å²) in [4.78, 5) is 11.5. The van der Waals surface area contributed by atoms with Crippen molar-refractivity contribution < 1.29 is 9.73 Å². The molecule has 0 saturated carbocycles. The first-order valence-electron chi connectivity index (χ1n) is 6.11. The minimum absolute atomic E-state index is 0.338. The summed E-state index contributed by atoms with van der Waals surface area (Å²) >= 11 is 0. The van der Waals surface area contributed by atoms with Crippen LogP contribution in [0.4, 0.5) is 5.69 Å². The summed E-state index contributed by atoms with van der Waals surface area (Å²) in [5.41, 5.74) is 0.993. The fourth-order valence-electron chi connectivity index (χ4n) is 1.49. The quantitative estimate of drug-likeness (QED) is 0.380. The van der Waals surface area contributed by atoms with Gasteiger partial charge in [0, 0.05) is 20.1 Å². The molecule has 0 radical (unpaired) electrons. The Bertz CT molecular complexity index is 496. The number of benzene rings is 1. The fourth-order valence-corrected chi connectivity index (χ4v) is 1.49. The van der Waals surface area contributed by atoms with E-state index < -0.39 is 5.03 Å². The van der Waals surface area contributed by atoms with Gasteiger partial charge in [0.25, 0.3) is 5.96 Å². The molecule has 20 heavy (non-hydrogen) atoms. The standard InChI is InChI=1S/C8H11N2.C4H8N4O2/c1-10(2)9-8-6-4-3-5-7-8;1-7-3-2-5-4(7)6-8(9)10/h3-7H,1-2H3;2-3H2,1H3,(H,5,6)/q+1;.